The van der Waals surface area contributed by atoms with E-state index in [-0.39, 0.29) is 5.91 Å². The van der Waals surface area contributed by atoms with Crippen molar-refractivity contribution in [2.45, 2.75) is 20.3 Å². The van der Waals surface area contributed by atoms with Gasteiger partial charge < -0.3 is 19.1 Å². The second kappa shape index (κ2) is 7.76. The van der Waals surface area contributed by atoms with Crippen LogP contribution in [-0.2, 0) is 11.2 Å². The Hall–Kier alpha value is -1.91. The molecule has 0 aliphatic carbocycles. The summed E-state index contributed by atoms with van der Waals surface area (Å²) in [5, 5.41) is 0. The molecule has 1 amide bonds. The monoisotopic (exact) mass is 295 g/mol. The van der Waals surface area contributed by atoms with Crippen molar-refractivity contribution in [2.24, 2.45) is 5.92 Å². The molecule has 0 saturated carbocycles. The van der Waals surface area contributed by atoms with Crippen LogP contribution in [0.5, 0.6) is 17.2 Å². The first-order valence-electron chi connectivity index (χ1n) is 6.95. The molecule has 5 heteroatoms. The number of nitrogens with zero attached hydrogens (tertiary/aromatic N) is 1. The number of hydrogen-bond donors (Lipinski definition) is 0. The number of carbonyl (C=O) groups excluding carboxylic acids is 1. The average Bonchev–Trinajstić information content (AvgIpc) is 2.45. The molecule has 21 heavy (non-hydrogen) atoms. The topological polar surface area (TPSA) is 48.0 Å². The fraction of sp³-hybridized carbons (Fsp3) is 0.562. The summed E-state index contributed by atoms with van der Waals surface area (Å²) in [5.41, 5.74) is 0.838. The Balaban J connectivity index is 2.96. The molecule has 0 saturated heterocycles. The zero-order valence-corrected chi connectivity index (χ0v) is 13.7. The van der Waals surface area contributed by atoms with E-state index in [1.165, 1.54) is 0 Å². The van der Waals surface area contributed by atoms with Crippen molar-refractivity contribution in [3.8, 4) is 17.2 Å². The van der Waals surface area contributed by atoms with E-state index in [2.05, 4.69) is 13.8 Å². The number of benzene rings is 1. The van der Waals surface area contributed by atoms with Crippen molar-refractivity contribution < 1.29 is 19.0 Å². The maximum atomic E-state index is 12.2. The van der Waals surface area contributed by atoms with Gasteiger partial charge in [-0.05, 0) is 23.6 Å². The summed E-state index contributed by atoms with van der Waals surface area (Å²) in [6, 6.07) is 3.62. The molecule has 0 fully saturated rings. The van der Waals surface area contributed by atoms with Gasteiger partial charge in [-0.1, -0.05) is 13.8 Å². The minimum absolute atomic E-state index is 0.0676. The van der Waals surface area contributed by atoms with Crippen molar-refractivity contribution in [3.63, 3.8) is 0 Å². The predicted octanol–water partition coefficient (Wildman–Crippen LogP) is 2.37. The fourth-order valence-corrected chi connectivity index (χ4v) is 2.20. The molecule has 0 aromatic heterocycles. The quantitative estimate of drug-likeness (QED) is 0.775. The van der Waals surface area contributed by atoms with Crippen LogP contribution in [0.25, 0.3) is 0 Å². The molecule has 0 spiro atoms. The molecule has 1 aromatic carbocycles. The minimum Gasteiger partial charge on any atom is -0.493 e. The van der Waals surface area contributed by atoms with Crippen molar-refractivity contribution in [1.29, 1.82) is 0 Å². The third-order valence-corrected chi connectivity index (χ3v) is 3.14. The molecule has 0 N–H and O–H groups in total. The number of methoxy groups -OCH3 is 3. The highest BCUT2D eigenvalue weighted by atomic mass is 16.5. The Morgan fingerprint density at radius 1 is 1.10 bits per heavy atom. The van der Waals surface area contributed by atoms with Gasteiger partial charge in [0.25, 0.3) is 0 Å². The summed E-state index contributed by atoms with van der Waals surface area (Å²) >= 11 is 0. The molecule has 0 aliphatic rings. The molecule has 0 aliphatic heterocycles. The van der Waals surface area contributed by atoms with Crippen molar-refractivity contribution in [3.05, 3.63) is 17.7 Å². The third kappa shape index (κ3) is 4.55. The number of ether oxygens (including phenoxy) is 3. The second-order valence-electron chi connectivity index (χ2n) is 5.38. The summed E-state index contributed by atoms with van der Waals surface area (Å²) < 4.78 is 15.9. The van der Waals surface area contributed by atoms with Crippen LogP contribution >= 0.6 is 0 Å². The van der Waals surface area contributed by atoms with Gasteiger partial charge in [0, 0.05) is 13.6 Å². The number of carbonyl (C=O) groups is 1. The van der Waals surface area contributed by atoms with Crippen LogP contribution < -0.4 is 14.2 Å². The first-order chi connectivity index (χ1) is 9.92. The molecule has 5 nitrogen and oxygen atoms in total. The number of rotatable bonds is 7. The van der Waals surface area contributed by atoms with Crippen LogP contribution in [-0.4, -0.2) is 45.7 Å². The molecule has 118 valence electrons. The van der Waals surface area contributed by atoms with Crippen LogP contribution in [0.15, 0.2) is 12.1 Å². The Labute approximate surface area is 126 Å². The number of hydrogen-bond acceptors (Lipinski definition) is 4. The van der Waals surface area contributed by atoms with Crippen LogP contribution in [0.4, 0.5) is 0 Å². The van der Waals surface area contributed by atoms with Crippen LogP contribution in [0.2, 0.25) is 0 Å². The molecular weight excluding hydrogens is 270 g/mol. The van der Waals surface area contributed by atoms with Crippen LogP contribution in [0.3, 0.4) is 0 Å². The molecule has 0 heterocycles. The number of amides is 1. The second-order valence-corrected chi connectivity index (χ2v) is 5.38. The van der Waals surface area contributed by atoms with Crippen LogP contribution in [0.1, 0.15) is 19.4 Å². The fourth-order valence-electron chi connectivity index (χ4n) is 2.20. The van der Waals surface area contributed by atoms with Gasteiger partial charge in [-0.3, -0.25) is 4.79 Å². The molecule has 0 atom stereocenters. The zero-order valence-electron chi connectivity index (χ0n) is 13.7. The van der Waals surface area contributed by atoms with Crippen molar-refractivity contribution in [2.75, 3.05) is 34.9 Å². The summed E-state index contributed by atoms with van der Waals surface area (Å²) in [7, 11) is 6.50. The Morgan fingerprint density at radius 2 is 1.62 bits per heavy atom. The van der Waals surface area contributed by atoms with Gasteiger partial charge in [-0.2, -0.15) is 0 Å². The first kappa shape index (κ1) is 17.1. The minimum atomic E-state index is 0.0676. The van der Waals surface area contributed by atoms with E-state index in [0.29, 0.717) is 29.6 Å². The maximum Gasteiger partial charge on any atom is 0.226 e. The molecule has 0 unspecified atom stereocenters. The third-order valence-electron chi connectivity index (χ3n) is 3.14. The van der Waals surface area contributed by atoms with E-state index in [9.17, 15) is 4.79 Å². The smallest absolute Gasteiger partial charge is 0.226 e. The maximum absolute atomic E-state index is 12.2. The lowest BCUT2D eigenvalue weighted by molar-refractivity contribution is -0.129. The van der Waals surface area contributed by atoms with Gasteiger partial charge in [0.1, 0.15) is 0 Å². The lowest BCUT2D eigenvalue weighted by Crippen LogP contribution is -2.31. The Kier molecular flexibility index (Phi) is 6.34. The van der Waals surface area contributed by atoms with Crippen molar-refractivity contribution >= 4 is 5.91 Å². The lowest BCUT2D eigenvalue weighted by atomic mass is 10.1. The summed E-state index contributed by atoms with van der Waals surface area (Å²) in [6.07, 6.45) is 0.305. The van der Waals surface area contributed by atoms with E-state index >= 15 is 0 Å². The standard InChI is InChI=1S/C16H25NO4/c1-11(2)10-17(3)15(18)9-12-7-13(19-4)16(21-6)14(8-12)20-5/h7-8,11H,9-10H2,1-6H3. The van der Waals surface area contributed by atoms with E-state index in [4.69, 9.17) is 14.2 Å². The van der Waals surface area contributed by atoms with E-state index in [0.717, 1.165) is 12.1 Å². The van der Waals surface area contributed by atoms with Gasteiger partial charge in [-0.25, -0.2) is 0 Å². The molecule has 0 bridgehead atoms. The molecular formula is C16H25NO4. The highest BCUT2D eigenvalue weighted by Crippen LogP contribution is 2.38. The predicted molar refractivity (Wildman–Crippen MR) is 82.3 cm³/mol. The van der Waals surface area contributed by atoms with E-state index in [1.807, 2.05) is 19.2 Å². The number of likely N-dealkylation sites (N-methyl/N-ethyl adjacent to an activating group) is 1. The van der Waals surface area contributed by atoms with Crippen molar-refractivity contribution in [1.82, 2.24) is 4.90 Å². The van der Waals surface area contributed by atoms with Gasteiger partial charge in [0.05, 0.1) is 27.8 Å². The van der Waals surface area contributed by atoms with Gasteiger partial charge in [0.2, 0.25) is 11.7 Å². The normalized spacial score (nSPS) is 10.4. The Bertz CT molecular complexity index is 460. The largest absolute Gasteiger partial charge is 0.493 e. The molecule has 1 aromatic rings. The highest BCUT2D eigenvalue weighted by molar-refractivity contribution is 5.79. The Morgan fingerprint density at radius 3 is 2.00 bits per heavy atom. The van der Waals surface area contributed by atoms with Crippen LogP contribution in [0, 0.1) is 5.92 Å². The molecule has 0 radical (unpaired) electrons. The molecule has 1 rings (SSSR count). The summed E-state index contributed by atoms with van der Waals surface area (Å²) in [6.45, 7) is 4.91. The first-order valence-corrected chi connectivity index (χ1v) is 6.95. The van der Waals surface area contributed by atoms with E-state index < -0.39 is 0 Å². The zero-order chi connectivity index (χ0) is 16.0. The SMILES string of the molecule is COc1cc(CC(=O)N(C)CC(C)C)cc(OC)c1OC. The average molecular weight is 295 g/mol. The lowest BCUT2D eigenvalue weighted by Gasteiger charge is -2.20. The highest BCUT2D eigenvalue weighted by Gasteiger charge is 2.16. The van der Waals surface area contributed by atoms with E-state index in [1.54, 1.807) is 26.2 Å². The van der Waals surface area contributed by atoms with Gasteiger partial charge in [-0.15, -0.1) is 0 Å². The summed E-state index contributed by atoms with van der Waals surface area (Å²) in [5.74, 6) is 2.17. The summed E-state index contributed by atoms with van der Waals surface area (Å²) in [4.78, 5) is 14.0. The van der Waals surface area contributed by atoms with Gasteiger partial charge in [0.15, 0.2) is 11.5 Å². The van der Waals surface area contributed by atoms with Gasteiger partial charge >= 0.3 is 0 Å².